The third kappa shape index (κ3) is 6.69. The molecule has 8 nitrogen and oxygen atoms in total. The maximum atomic E-state index is 12.9. The molecule has 3 aromatic rings. The van der Waals surface area contributed by atoms with Crippen molar-refractivity contribution in [2.45, 2.75) is 48.9 Å². The third-order valence-corrected chi connectivity index (χ3v) is 9.15. The number of halogens is 3. The van der Waals surface area contributed by atoms with Gasteiger partial charge in [-0.15, -0.1) is 0 Å². The predicted molar refractivity (Wildman–Crippen MR) is 150 cm³/mol. The Morgan fingerprint density at radius 2 is 1.81 bits per heavy atom. The Bertz CT molecular complexity index is 1570. The molecular formula is C30H30F3N3O5S. The summed E-state index contributed by atoms with van der Waals surface area (Å²) >= 11 is 0. The van der Waals surface area contributed by atoms with Crippen LogP contribution in [0.15, 0.2) is 71.6 Å². The van der Waals surface area contributed by atoms with Crippen LogP contribution < -0.4 is 15.4 Å². The summed E-state index contributed by atoms with van der Waals surface area (Å²) in [4.78, 5) is 14.4. The number of sulfone groups is 1. The van der Waals surface area contributed by atoms with Crippen LogP contribution in [0.25, 0.3) is 0 Å². The second-order valence-electron chi connectivity index (χ2n) is 10.0. The van der Waals surface area contributed by atoms with Crippen molar-refractivity contribution in [2.75, 3.05) is 23.8 Å². The van der Waals surface area contributed by atoms with E-state index < -0.39 is 39.5 Å². The highest BCUT2D eigenvalue weighted by Crippen LogP contribution is 2.37. The number of hydrogen-bond donors (Lipinski definition) is 2. The Labute approximate surface area is 242 Å². The summed E-state index contributed by atoms with van der Waals surface area (Å²) < 4.78 is 69.2. The fourth-order valence-electron chi connectivity index (χ4n) is 5.18. The maximum absolute atomic E-state index is 12.9. The van der Waals surface area contributed by atoms with Crippen molar-refractivity contribution in [2.24, 2.45) is 5.73 Å². The highest BCUT2D eigenvalue weighted by molar-refractivity contribution is 7.91. The molecule has 3 atom stereocenters. The number of hydrogen-bond acceptors (Lipinski definition) is 7. The standard InChI is InChI=1S/C30H30F3N3O5S/c1-2-42(39,40)25-10-3-19(4-11-25)26(13-14-34)28-16-21(7-12-27(28)29(35)38)36-17-24(15-22(36)18-37)41-23-8-5-20(6-9-23)30(31,32)33/h3-12,16,22,24,26,37H,2,13,15,17-18H2,1H3,(H2,35,38)/t22-,24-,26-/m0/s1. The topological polar surface area (TPSA) is 134 Å². The Kier molecular flexibility index (Phi) is 9.13. The van der Waals surface area contributed by atoms with Gasteiger partial charge in [0.25, 0.3) is 0 Å². The predicted octanol–water partition coefficient (Wildman–Crippen LogP) is 4.66. The van der Waals surface area contributed by atoms with Crippen LogP contribution >= 0.6 is 0 Å². The van der Waals surface area contributed by atoms with E-state index in [-0.39, 0.29) is 41.0 Å². The summed E-state index contributed by atoms with van der Waals surface area (Å²) in [5.74, 6) is -1.11. The van der Waals surface area contributed by atoms with E-state index in [2.05, 4.69) is 6.07 Å². The van der Waals surface area contributed by atoms with Gasteiger partial charge in [0.2, 0.25) is 5.91 Å². The second-order valence-corrected chi connectivity index (χ2v) is 12.3. The first kappa shape index (κ1) is 30.9. The van der Waals surface area contributed by atoms with E-state index in [0.717, 1.165) is 12.1 Å². The second kappa shape index (κ2) is 12.4. The van der Waals surface area contributed by atoms with Crippen molar-refractivity contribution >= 4 is 21.4 Å². The molecule has 4 rings (SSSR count). The Hall–Kier alpha value is -4.08. The number of ether oxygens (including phenoxy) is 1. The number of aliphatic hydroxyl groups is 1. The van der Waals surface area contributed by atoms with Crippen LogP contribution in [-0.2, 0) is 16.0 Å². The highest BCUT2D eigenvalue weighted by atomic mass is 32.2. The van der Waals surface area contributed by atoms with E-state index in [4.69, 9.17) is 10.5 Å². The molecule has 1 fully saturated rings. The molecule has 1 aliphatic heterocycles. The zero-order valence-electron chi connectivity index (χ0n) is 22.7. The van der Waals surface area contributed by atoms with Gasteiger partial charge in [0.05, 0.1) is 41.5 Å². The molecule has 42 heavy (non-hydrogen) atoms. The van der Waals surface area contributed by atoms with Gasteiger partial charge in [0.1, 0.15) is 11.9 Å². The number of nitrogens with zero attached hydrogens (tertiary/aromatic N) is 2. The number of alkyl halides is 3. The van der Waals surface area contributed by atoms with Crippen LogP contribution in [-0.4, -0.2) is 50.5 Å². The van der Waals surface area contributed by atoms with Crippen molar-refractivity contribution < 1.29 is 36.2 Å². The molecule has 3 aromatic carbocycles. The number of amides is 1. The normalized spacial score (nSPS) is 18.0. The summed E-state index contributed by atoms with van der Waals surface area (Å²) in [6.45, 7) is 1.62. The van der Waals surface area contributed by atoms with Gasteiger partial charge in [-0.2, -0.15) is 18.4 Å². The Morgan fingerprint density at radius 1 is 1.14 bits per heavy atom. The molecule has 1 saturated heterocycles. The molecule has 0 spiro atoms. The molecule has 0 aliphatic carbocycles. The largest absolute Gasteiger partial charge is 0.489 e. The van der Waals surface area contributed by atoms with Crippen molar-refractivity contribution in [1.82, 2.24) is 0 Å². The summed E-state index contributed by atoms with van der Waals surface area (Å²) in [6, 6.07) is 17.3. The molecule has 1 aliphatic rings. The summed E-state index contributed by atoms with van der Waals surface area (Å²) in [6.07, 6.45) is -4.54. The van der Waals surface area contributed by atoms with Crippen molar-refractivity contribution in [1.29, 1.82) is 5.26 Å². The number of aliphatic hydroxyl groups excluding tert-OH is 1. The Morgan fingerprint density at radius 3 is 2.36 bits per heavy atom. The maximum Gasteiger partial charge on any atom is 0.416 e. The molecule has 0 unspecified atom stereocenters. The number of nitrogens with two attached hydrogens (primary N) is 1. The van der Waals surface area contributed by atoms with Crippen LogP contribution in [0.5, 0.6) is 5.75 Å². The van der Waals surface area contributed by atoms with Crippen molar-refractivity contribution in [3.05, 3.63) is 89.0 Å². The SMILES string of the molecule is CCS(=O)(=O)c1ccc([C@H](CC#N)c2cc(N3C[C@@H](Oc4ccc(C(F)(F)F)cc4)C[C@H]3CO)ccc2C(N)=O)cc1. The number of rotatable bonds is 10. The number of nitriles is 1. The van der Waals surface area contributed by atoms with Gasteiger partial charge >= 0.3 is 6.18 Å². The average Bonchev–Trinajstić information content (AvgIpc) is 3.38. The number of carbonyl (C=O) groups excluding carboxylic acids is 1. The van der Waals surface area contributed by atoms with Gasteiger partial charge < -0.3 is 20.5 Å². The number of primary amides is 1. The first-order valence-electron chi connectivity index (χ1n) is 13.2. The minimum atomic E-state index is -4.46. The lowest BCUT2D eigenvalue weighted by molar-refractivity contribution is -0.137. The lowest BCUT2D eigenvalue weighted by Gasteiger charge is -2.27. The van der Waals surface area contributed by atoms with Crippen molar-refractivity contribution in [3.63, 3.8) is 0 Å². The monoisotopic (exact) mass is 601 g/mol. The van der Waals surface area contributed by atoms with Gasteiger partial charge in [0.15, 0.2) is 9.84 Å². The lowest BCUT2D eigenvalue weighted by atomic mass is 9.85. The molecule has 0 aromatic heterocycles. The molecule has 3 N–H and O–H groups in total. The summed E-state index contributed by atoms with van der Waals surface area (Å²) in [7, 11) is -3.43. The van der Waals surface area contributed by atoms with E-state index in [1.54, 1.807) is 37.3 Å². The quantitative estimate of drug-likeness (QED) is 0.345. The summed E-state index contributed by atoms with van der Waals surface area (Å²) in [5, 5.41) is 19.7. The molecule has 1 heterocycles. The molecule has 0 radical (unpaired) electrons. The van der Waals surface area contributed by atoms with Gasteiger partial charge in [0, 0.05) is 30.0 Å². The van der Waals surface area contributed by atoms with Crippen LogP contribution in [0.3, 0.4) is 0 Å². The van der Waals surface area contributed by atoms with E-state index in [1.807, 2.05) is 4.90 Å². The average molecular weight is 602 g/mol. The molecule has 1 amide bonds. The van der Waals surface area contributed by atoms with Crippen LogP contribution in [0.4, 0.5) is 18.9 Å². The first-order chi connectivity index (χ1) is 19.9. The lowest BCUT2D eigenvalue weighted by Crippen LogP contribution is -2.33. The smallest absolute Gasteiger partial charge is 0.416 e. The van der Waals surface area contributed by atoms with Crippen LogP contribution in [0.2, 0.25) is 0 Å². The van der Waals surface area contributed by atoms with Gasteiger partial charge in [-0.3, -0.25) is 4.79 Å². The fraction of sp³-hybridized carbons (Fsp3) is 0.333. The molecular weight excluding hydrogens is 571 g/mol. The minimum absolute atomic E-state index is 0.0211. The molecule has 12 heteroatoms. The third-order valence-electron chi connectivity index (χ3n) is 7.40. The van der Waals surface area contributed by atoms with E-state index in [9.17, 15) is 36.8 Å². The minimum Gasteiger partial charge on any atom is -0.489 e. The molecule has 0 saturated carbocycles. The number of anilines is 1. The molecule has 0 bridgehead atoms. The van der Waals surface area contributed by atoms with Crippen LogP contribution in [0, 0.1) is 11.3 Å². The number of benzene rings is 3. The Balaban J connectivity index is 1.65. The zero-order chi connectivity index (χ0) is 30.7. The molecule has 222 valence electrons. The van der Waals surface area contributed by atoms with Gasteiger partial charge in [-0.25, -0.2) is 8.42 Å². The van der Waals surface area contributed by atoms with E-state index in [0.29, 0.717) is 29.8 Å². The van der Waals surface area contributed by atoms with Gasteiger partial charge in [-0.1, -0.05) is 19.1 Å². The van der Waals surface area contributed by atoms with Gasteiger partial charge in [-0.05, 0) is 65.7 Å². The van der Waals surface area contributed by atoms with Crippen LogP contribution in [0.1, 0.15) is 52.7 Å². The van der Waals surface area contributed by atoms with Crippen molar-refractivity contribution in [3.8, 4) is 11.8 Å². The highest BCUT2D eigenvalue weighted by Gasteiger charge is 2.35. The summed E-state index contributed by atoms with van der Waals surface area (Å²) in [5.41, 5.74) is 6.81. The van der Waals surface area contributed by atoms with E-state index >= 15 is 0 Å². The fourth-order valence-corrected chi connectivity index (χ4v) is 6.06. The number of carbonyl (C=O) groups is 1. The van der Waals surface area contributed by atoms with E-state index in [1.165, 1.54) is 24.3 Å². The zero-order valence-corrected chi connectivity index (χ0v) is 23.5. The first-order valence-corrected chi connectivity index (χ1v) is 14.9.